The summed E-state index contributed by atoms with van der Waals surface area (Å²) in [6.45, 7) is 0. The van der Waals surface area contributed by atoms with E-state index in [1.165, 1.54) is 6.21 Å². The van der Waals surface area contributed by atoms with Gasteiger partial charge in [-0.25, -0.2) is 0 Å². The van der Waals surface area contributed by atoms with Gasteiger partial charge in [-0.1, -0.05) is 15.9 Å². The van der Waals surface area contributed by atoms with Crippen LogP contribution in [0.1, 0.15) is 11.3 Å². The van der Waals surface area contributed by atoms with Crippen molar-refractivity contribution in [1.82, 2.24) is 10.3 Å². The van der Waals surface area contributed by atoms with E-state index >= 15 is 0 Å². The molecule has 0 radical (unpaired) electrons. The Morgan fingerprint density at radius 2 is 2.50 bits per heavy atom. The standard InChI is InChI=1S/C10H12BrN3/c1-13-7-9(6-12)10-4-8(5-11)2-3-14-10/h2-4,6-7,12-13H,5H2,1H3/b9-7+,12-6?. The van der Waals surface area contributed by atoms with E-state index in [9.17, 15) is 0 Å². The van der Waals surface area contributed by atoms with E-state index in [0.717, 1.165) is 22.2 Å². The van der Waals surface area contributed by atoms with Crippen molar-refractivity contribution in [2.75, 3.05) is 7.05 Å². The van der Waals surface area contributed by atoms with Gasteiger partial charge in [0.05, 0.1) is 5.69 Å². The lowest BCUT2D eigenvalue weighted by Gasteiger charge is -2.02. The second kappa shape index (κ2) is 5.54. The van der Waals surface area contributed by atoms with E-state index in [4.69, 9.17) is 5.41 Å². The number of aromatic nitrogens is 1. The highest BCUT2D eigenvalue weighted by atomic mass is 79.9. The summed E-state index contributed by atoms with van der Waals surface area (Å²) < 4.78 is 0. The molecule has 0 unspecified atom stereocenters. The van der Waals surface area contributed by atoms with E-state index in [0.29, 0.717) is 0 Å². The zero-order valence-electron chi connectivity index (χ0n) is 7.92. The first-order valence-electron chi connectivity index (χ1n) is 4.21. The molecule has 0 spiro atoms. The van der Waals surface area contributed by atoms with Crippen molar-refractivity contribution in [2.45, 2.75) is 5.33 Å². The van der Waals surface area contributed by atoms with Crippen molar-refractivity contribution in [2.24, 2.45) is 0 Å². The molecule has 0 aliphatic carbocycles. The van der Waals surface area contributed by atoms with Crippen LogP contribution < -0.4 is 5.32 Å². The molecule has 0 atom stereocenters. The van der Waals surface area contributed by atoms with Crippen LogP contribution in [0.5, 0.6) is 0 Å². The van der Waals surface area contributed by atoms with Gasteiger partial charge in [0.15, 0.2) is 0 Å². The quantitative estimate of drug-likeness (QED) is 0.639. The molecule has 1 heterocycles. The van der Waals surface area contributed by atoms with Gasteiger partial charge in [-0.05, 0) is 17.7 Å². The normalized spacial score (nSPS) is 11.1. The van der Waals surface area contributed by atoms with Gasteiger partial charge < -0.3 is 10.7 Å². The molecule has 0 bridgehead atoms. The number of rotatable bonds is 4. The molecule has 0 aliphatic heterocycles. The van der Waals surface area contributed by atoms with Gasteiger partial charge in [-0.3, -0.25) is 4.98 Å². The van der Waals surface area contributed by atoms with Gasteiger partial charge >= 0.3 is 0 Å². The Morgan fingerprint density at radius 1 is 1.71 bits per heavy atom. The van der Waals surface area contributed by atoms with Crippen LogP contribution in [0.4, 0.5) is 0 Å². The van der Waals surface area contributed by atoms with E-state index in [1.54, 1.807) is 19.4 Å². The predicted octanol–water partition coefficient (Wildman–Crippen LogP) is 2.19. The van der Waals surface area contributed by atoms with Crippen molar-refractivity contribution in [3.8, 4) is 0 Å². The zero-order chi connectivity index (χ0) is 10.4. The largest absolute Gasteiger partial charge is 0.393 e. The Morgan fingerprint density at radius 3 is 3.07 bits per heavy atom. The maximum Gasteiger partial charge on any atom is 0.0734 e. The lowest BCUT2D eigenvalue weighted by atomic mass is 10.1. The van der Waals surface area contributed by atoms with Crippen LogP contribution in [0.2, 0.25) is 0 Å². The minimum Gasteiger partial charge on any atom is -0.393 e. The molecule has 0 saturated heterocycles. The fraction of sp³-hybridized carbons (Fsp3) is 0.200. The number of nitrogens with one attached hydrogen (secondary N) is 2. The van der Waals surface area contributed by atoms with E-state index in [-0.39, 0.29) is 0 Å². The molecule has 2 N–H and O–H groups in total. The van der Waals surface area contributed by atoms with Crippen LogP contribution >= 0.6 is 15.9 Å². The fourth-order valence-electron chi connectivity index (χ4n) is 1.06. The van der Waals surface area contributed by atoms with Crippen molar-refractivity contribution in [1.29, 1.82) is 5.41 Å². The van der Waals surface area contributed by atoms with E-state index in [2.05, 4.69) is 26.2 Å². The third kappa shape index (κ3) is 2.67. The first-order valence-corrected chi connectivity index (χ1v) is 5.33. The molecule has 1 aromatic heterocycles. The maximum absolute atomic E-state index is 7.24. The summed E-state index contributed by atoms with van der Waals surface area (Å²) >= 11 is 3.38. The van der Waals surface area contributed by atoms with Crippen LogP contribution in [0.15, 0.2) is 24.5 Å². The maximum atomic E-state index is 7.24. The number of allylic oxidation sites excluding steroid dienone is 1. The van der Waals surface area contributed by atoms with Crippen molar-refractivity contribution >= 4 is 27.7 Å². The highest BCUT2D eigenvalue weighted by Crippen LogP contribution is 2.12. The van der Waals surface area contributed by atoms with Gasteiger partial charge in [0, 0.05) is 36.6 Å². The SMILES string of the molecule is CN/C=C(\C=N)c1cc(CBr)ccn1. The molecule has 0 saturated carbocycles. The molecule has 1 aromatic rings. The number of nitrogens with zero attached hydrogens (tertiary/aromatic N) is 1. The Kier molecular flexibility index (Phi) is 4.32. The van der Waals surface area contributed by atoms with Crippen molar-refractivity contribution in [3.05, 3.63) is 35.8 Å². The number of halogens is 1. The molecule has 0 aromatic carbocycles. The van der Waals surface area contributed by atoms with Gasteiger partial charge in [-0.15, -0.1) is 0 Å². The Labute approximate surface area is 91.9 Å². The second-order valence-corrected chi connectivity index (χ2v) is 3.28. The highest BCUT2D eigenvalue weighted by Gasteiger charge is 2.00. The first kappa shape index (κ1) is 10.9. The Balaban J connectivity index is 3.04. The third-order valence-electron chi connectivity index (χ3n) is 1.73. The zero-order valence-corrected chi connectivity index (χ0v) is 9.51. The van der Waals surface area contributed by atoms with Crippen LogP contribution in [0.25, 0.3) is 5.57 Å². The third-order valence-corrected chi connectivity index (χ3v) is 2.38. The summed E-state index contributed by atoms with van der Waals surface area (Å²) in [4.78, 5) is 4.20. The monoisotopic (exact) mass is 253 g/mol. The number of pyridine rings is 1. The van der Waals surface area contributed by atoms with Crippen LogP contribution in [-0.2, 0) is 5.33 Å². The van der Waals surface area contributed by atoms with Crippen LogP contribution in [0, 0.1) is 5.41 Å². The van der Waals surface area contributed by atoms with E-state index < -0.39 is 0 Å². The summed E-state index contributed by atoms with van der Waals surface area (Å²) in [5.74, 6) is 0. The molecule has 14 heavy (non-hydrogen) atoms. The summed E-state index contributed by atoms with van der Waals surface area (Å²) in [6.07, 6.45) is 4.79. The number of hydrogen-bond acceptors (Lipinski definition) is 3. The molecule has 4 heteroatoms. The highest BCUT2D eigenvalue weighted by molar-refractivity contribution is 9.08. The number of alkyl halides is 1. The second-order valence-electron chi connectivity index (χ2n) is 2.72. The van der Waals surface area contributed by atoms with Gasteiger partial charge in [0.1, 0.15) is 0 Å². The topological polar surface area (TPSA) is 48.8 Å². The molecular formula is C10H12BrN3. The molecule has 1 rings (SSSR count). The van der Waals surface area contributed by atoms with Crippen molar-refractivity contribution < 1.29 is 0 Å². The first-order chi connectivity index (χ1) is 6.81. The summed E-state index contributed by atoms with van der Waals surface area (Å²) in [5, 5.41) is 10.9. The Hall–Kier alpha value is -1.16. The lowest BCUT2D eigenvalue weighted by molar-refractivity contribution is 1.10. The van der Waals surface area contributed by atoms with Gasteiger partial charge in [0.2, 0.25) is 0 Å². The van der Waals surface area contributed by atoms with Gasteiger partial charge in [0.25, 0.3) is 0 Å². The summed E-state index contributed by atoms with van der Waals surface area (Å²) in [6, 6.07) is 3.90. The molecule has 0 aliphatic rings. The predicted molar refractivity (Wildman–Crippen MR) is 62.7 cm³/mol. The molecule has 0 amide bonds. The van der Waals surface area contributed by atoms with Gasteiger partial charge in [-0.2, -0.15) is 0 Å². The minimum atomic E-state index is 0.773. The molecular weight excluding hydrogens is 242 g/mol. The smallest absolute Gasteiger partial charge is 0.0734 e. The van der Waals surface area contributed by atoms with Crippen LogP contribution in [0.3, 0.4) is 0 Å². The lowest BCUT2D eigenvalue weighted by Crippen LogP contribution is -1.99. The van der Waals surface area contributed by atoms with E-state index in [1.807, 2.05) is 12.1 Å². The summed E-state index contributed by atoms with van der Waals surface area (Å²) in [5.41, 5.74) is 2.74. The number of hydrogen-bond donors (Lipinski definition) is 2. The molecule has 3 nitrogen and oxygen atoms in total. The molecule has 0 fully saturated rings. The van der Waals surface area contributed by atoms with Crippen LogP contribution in [-0.4, -0.2) is 18.2 Å². The fourth-order valence-corrected chi connectivity index (χ4v) is 1.41. The average molecular weight is 254 g/mol. The summed E-state index contributed by atoms with van der Waals surface area (Å²) in [7, 11) is 1.80. The minimum absolute atomic E-state index is 0.773. The molecule has 74 valence electrons. The average Bonchev–Trinajstić information content (AvgIpc) is 2.26. The Bertz CT molecular complexity index is 347. The van der Waals surface area contributed by atoms with Crippen molar-refractivity contribution in [3.63, 3.8) is 0 Å².